The summed E-state index contributed by atoms with van der Waals surface area (Å²) in [7, 11) is 0. The molecular formula is C16H19NO3. The minimum atomic E-state index is -0.136. The van der Waals surface area contributed by atoms with Gasteiger partial charge in [0.25, 0.3) is 5.91 Å². The third-order valence-corrected chi connectivity index (χ3v) is 2.81. The Morgan fingerprint density at radius 3 is 2.80 bits per heavy atom. The number of carbonyl (C=O) groups excluding carboxylic acids is 1. The first kappa shape index (κ1) is 14.3. The zero-order valence-electron chi connectivity index (χ0n) is 11.8. The molecule has 106 valence electrons. The van der Waals surface area contributed by atoms with Crippen molar-refractivity contribution in [2.45, 2.75) is 33.1 Å². The molecule has 1 N–H and O–H groups in total. The molecule has 1 amide bonds. The number of furan rings is 1. The van der Waals surface area contributed by atoms with Crippen LogP contribution < -0.4 is 5.32 Å². The van der Waals surface area contributed by atoms with Crippen molar-refractivity contribution >= 4 is 5.91 Å². The quantitative estimate of drug-likeness (QED) is 0.879. The Hall–Kier alpha value is -2.07. The molecule has 0 unspecified atom stereocenters. The SMILES string of the molecule is CC(C)OCc1cccc(CNC(=O)c2ccoc2)c1. The maximum Gasteiger partial charge on any atom is 0.254 e. The first-order valence-corrected chi connectivity index (χ1v) is 6.65. The van der Waals surface area contributed by atoms with Crippen molar-refractivity contribution in [3.05, 3.63) is 59.5 Å². The van der Waals surface area contributed by atoms with Crippen molar-refractivity contribution in [1.82, 2.24) is 5.32 Å². The summed E-state index contributed by atoms with van der Waals surface area (Å²) >= 11 is 0. The minimum absolute atomic E-state index is 0.136. The smallest absolute Gasteiger partial charge is 0.254 e. The summed E-state index contributed by atoms with van der Waals surface area (Å²) in [6, 6.07) is 9.65. The highest BCUT2D eigenvalue weighted by Gasteiger charge is 2.06. The highest BCUT2D eigenvalue weighted by molar-refractivity contribution is 5.93. The summed E-state index contributed by atoms with van der Waals surface area (Å²) in [6.45, 7) is 5.09. The molecule has 1 aromatic carbocycles. The second-order valence-corrected chi connectivity index (χ2v) is 4.87. The van der Waals surface area contributed by atoms with Crippen molar-refractivity contribution < 1.29 is 13.9 Å². The molecule has 2 rings (SSSR count). The van der Waals surface area contributed by atoms with Crippen LogP contribution in [0.5, 0.6) is 0 Å². The van der Waals surface area contributed by atoms with Gasteiger partial charge in [0.05, 0.1) is 24.5 Å². The van der Waals surface area contributed by atoms with Gasteiger partial charge in [0.2, 0.25) is 0 Å². The van der Waals surface area contributed by atoms with E-state index in [0.29, 0.717) is 18.7 Å². The van der Waals surface area contributed by atoms with Gasteiger partial charge in [0, 0.05) is 6.54 Å². The van der Waals surface area contributed by atoms with Gasteiger partial charge in [-0.15, -0.1) is 0 Å². The minimum Gasteiger partial charge on any atom is -0.472 e. The van der Waals surface area contributed by atoms with Crippen LogP contribution in [-0.2, 0) is 17.9 Å². The van der Waals surface area contributed by atoms with Crippen molar-refractivity contribution in [3.63, 3.8) is 0 Å². The van der Waals surface area contributed by atoms with Gasteiger partial charge in [0.15, 0.2) is 0 Å². The molecule has 0 radical (unpaired) electrons. The fourth-order valence-corrected chi connectivity index (χ4v) is 1.77. The zero-order chi connectivity index (χ0) is 14.4. The summed E-state index contributed by atoms with van der Waals surface area (Å²) in [5, 5.41) is 2.85. The van der Waals surface area contributed by atoms with E-state index in [-0.39, 0.29) is 12.0 Å². The Bertz CT molecular complexity index is 547. The van der Waals surface area contributed by atoms with Crippen LogP contribution in [0.1, 0.15) is 35.3 Å². The fourth-order valence-electron chi connectivity index (χ4n) is 1.77. The van der Waals surface area contributed by atoms with Gasteiger partial charge in [-0.05, 0) is 31.0 Å². The largest absolute Gasteiger partial charge is 0.472 e. The molecule has 4 nitrogen and oxygen atoms in total. The summed E-state index contributed by atoms with van der Waals surface area (Å²) in [6.07, 6.45) is 3.13. The van der Waals surface area contributed by atoms with Gasteiger partial charge >= 0.3 is 0 Å². The van der Waals surface area contributed by atoms with E-state index in [9.17, 15) is 4.79 Å². The Morgan fingerprint density at radius 1 is 1.30 bits per heavy atom. The molecule has 0 fully saturated rings. The Kier molecular flexibility index (Phi) is 4.96. The average Bonchev–Trinajstić information content (AvgIpc) is 2.97. The average molecular weight is 273 g/mol. The van der Waals surface area contributed by atoms with Crippen LogP contribution in [0, 0.1) is 0 Å². The third kappa shape index (κ3) is 4.24. The van der Waals surface area contributed by atoms with Gasteiger partial charge in [-0.25, -0.2) is 0 Å². The Balaban J connectivity index is 1.89. The first-order chi connectivity index (χ1) is 9.65. The van der Waals surface area contributed by atoms with Crippen LogP contribution in [0.15, 0.2) is 47.3 Å². The molecule has 0 aliphatic rings. The third-order valence-electron chi connectivity index (χ3n) is 2.81. The number of carbonyl (C=O) groups is 1. The standard InChI is InChI=1S/C16H19NO3/c1-12(2)20-10-14-5-3-4-13(8-14)9-17-16(18)15-6-7-19-11-15/h3-8,11-12H,9-10H2,1-2H3,(H,17,18). The molecule has 0 atom stereocenters. The lowest BCUT2D eigenvalue weighted by atomic mass is 10.1. The van der Waals surface area contributed by atoms with Crippen molar-refractivity contribution in [2.75, 3.05) is 0 Å². The van der Waals surface area contributed by atoms with Gasteiger partial charge in [0.1, 0.15) is 6.26 Å². The molecule has 4 heteroatoms. The first-order valence-electron chi connectivity index (χ1n) is 6.65. The van der Waals surface area contributed by atoms with Crippen molar-refractivity contribution in [1.29, 1.82) is 0 Å². The van der Waals surface area contributed by atoms with Crippen LogP contribution in [0.3, 0.4) is 0 Å². The van der Waals surface area contributed by atoms with Gasteiger partial charge in [-0.3, -0.25) is 4.79 Å². The number of hydrogen-bond donors (Lipinski definition) is 1. The van der Waals surface area contributed by atoms with Crippen molar-refractivity contribution in [3.8, 4) is 0 Å². The number of benzene rings is 1. The van der Waals surface area contributed by atoms with Crippen LogP contribution >= 0.6 is 0 Å². The fraction of sp³-hybridized carbons (Fsp3) is 0.312. The molecule has 1 aromatic heterocycles. The Morgan fingerprint density at radius 2 is 2.10 bits per heavy atom. The lowest BCUT2D eigenvalue weighted by molar-refractivity contribution is 0.0657. The number of ether oxygens (including phenoxy) is 1. The molecule has 20 heavy (non-hydrogen) atoms. The van der Waals surface area contributed by atoms with Gasteiger partial charge in [-0.1, -0.05) is 24.3 Å². The molecule has 1 heterocycles. The summed E-state index contributed by atoms with van der Waals surface area (Å²) in [5.41, 5.74) is 2.68. The number of rotatable bonds is 6. The van der Waals surface area contributed by atoms with Crippen LogP contribution in [-0.4, -0.2) is 12.0 Å². The lowest BCUT2D eigenvalue weighted by Crippen LogP contribution is -2.22. The lowest BCUT2D eigenvalue weighted by Gasteiger charge is -2.09. The van der Waals surface area contributed by atoms with Gasteiger partial charge in [-0.2, -0.15) is 0 Å². The van der Waals surface area contributed by atoms with Crippen molar-refractivity contribution in [2.24, 2.45) is 0 Å². The van der Waals surface area contributed by atoms with E-state index in [1.165, 1.54) is 12.5 Å². The monoisotopic (exact) mass is 273 g/mol. The normalized spacial score (nSPS) is 10.8. The highest BCUT2D eigenvalue weighted by atomic mass is 16.5. The number of amides is 1. The van der Waals surface area contributed by atoms with Crippen LogP contribution in [0.4, 0.5) is 0 Å². The van der Waals surface area contributed by atoms with E-state index in [1.807, 2.05) is 38.1 Å². The number of nitrogens with one attached hydrogen (secondary N) is 1. The second-order valence-electron chi connectivity index (χ2n) is 4.87. The summed E-state index contributed by atoms with van der Waals surface area (Å²) < 4.78 is 10.5. The summed E-state index contributed by atoms with van der Waals surface area (Å²) in [4.78, 5) is 11.8. The molecule has 0 aliphatic heterocycles. The highest BCUT2D eigenvalue weighted by Crippen LogP contribution is 2.08. The molecular weight excluding hydrogens is 254 g/mol. The zero-order valence-corrected chi connectivity index (χ0v) is 11.8. The van der Waals surface area contributed by atoms with E-state index < -0.39 is 0 Å². The van der Waals surface area contributed by atoms with Gasteiger partial charge < -0.3 is 14.5 Å². The van der Waals surface area contributed by atoms with E-state index in [1.54, 1.807) is 6.07 Å². The summed E-state index contributed by atoms with van der Waals surface area (Å²) in [5.74, 6) is -0.136. The van der Waals surface area contributed by atoms with E-state index in [2.05, 4.69) is 5.32 Å². The van der Waals surface area contributed by atoms with E-state index >= 15 is 0 Å². The molecule has 0 aliphatic carbocycles. The molecule has 2 aromatic rings. The predicted molar refractivity (Wildman–Crippen MR) is 76.2 cm³/mol. The molecule has 0 bridgehead atoms. The maximum atomic E-state index is 11.8. The molecule has 0 spiro atoms. The topological polar surface area (TPSA) is 51.5 Å². The maximum absolute atomic E-state index is 11.8. The predicted octanol–water partition coefficient (Wildman–Crippen LogP) is 3.13. The van der Waals surface area contributed by atoms with Crippen LogP contribution in [0.25, 0.3) is 0 Å². The Labute approximate surface area is 118 Å². The van der Waals surface area contributed by atoms with E-state index in [0.717, 1.165) is 11.1 Å². The number of hydrogen-bond acceptors (Lipinski definition) is 3. The van der Waals surface area contributed by atoms with E-state index in [4.69, 9.17) is 9.15 Å². The molecule has 0 saturated heterocycles. The molecule has 0 saturated carbocycles. The second kappa shape index (κ2) is 6.91. The van der Waals surface area contributed by atoms with Crippen LogP contribution in [0.2, 0.25) is 0 Å².